The van der Waals surface area contributed by atoms with Crippen LogP contribution in [0.5, 0.6) is 0 Å². The van der Waals surface area contributed by atoms with Gasteiger partial charge in [-0.1, -0.05) is 0 Å². The summed E-state index contributed by atoms with van der Waals surface area (Å²) in [4.78, 5) is 3.99. The molecule has 0 fully saturated rings. The second kappa shape index (κ2) is 6.42. The summed E-state index contributed by atoms with van der Waals surface area (Å²) in [5.41, 5.74) is 2.43. The normalized spacial score (nSPS) is 11.8. The van der Waals surface area contributed by atoms with Crippen LogP contribution in [-0.4, -0.2) is 25.0 Å². The highest BCUT2D eigenvalue weighted by Crippen LogP contribution is 2.02. The minimum absolute atomic E-state index is 0.129. The molecule has 1 N–H and O–H groups in total. The molecular weight excluding hydrogens is 256 g/mol. The maximum Gasteiger partial charge on any atom is 0.211 e. The van der Waals surface area contributed by atoms with Crippen LogP contribution < -0.4 is 4.72 Å². The van der Waals surface area contributed by atoms with Crippen molar-refractivity contribution in [1.82, 2.24) is 9.71 Å². The van der Waals surface area contributed by atoms with Crippen molar-refractivity contribution >= 4 is 33.0 Å². The van der Waals surface area contributed by atoms with Crippen molar-refractivity contribution in [2.24, 2.45) is 0 Å². The van der Waals surface area contributed by atoms with Gasteiger partial charge in [0.25, 0.3) is 0 Å². The smallest absolute Gasteiger partial charge is 0.211 e. The number of hydrogen-bond donors (Lipinski definition) is 1. The lowest BCUT2D eigenvalue weighted by Gasteiger charge is -2.03. The molecule has 1 heterocycles. The number of hydrogen-bond acceptors (Lipinski definition) is 4. The van der Waals surface area contributed by atoms with E-state index in [4.69, 9.17) is 11.6 Å². The molecule has 1 aromatic rings. The van der Waals surface area contributed by atoms with E-state index in [1.54, 1.807) is 5.51 Å². The SMILES string of the molecule is O=S(=O)(CCCCCl)NCc1cscn1. The third-order valence-corrected chi connectivity index (χ3v) is 4.07. The van der Waals surface area contributed by atoms with Crippen molar-refractivity contribution in [1.29, 1.82) is 0 Å². The molecule has 7 heteroatoms. The Bertz CT molecular complexity index is 364. The van der Waals surface area contributed by atoms with Gasteiger partial charge in [-0.3, -0.25) is 0 Å². The number of nitrogens with one attached hydrogen (secondary N) is 1. The third kappa shape index (κ3) is 5.46. The van der Waals surface area contributed by atoms with Crippen molar-refractivity contribution in [2.45, 2.75) is 19.4 Å². The van der Waals surface area contributed by atoms with Crippen molar-refractivity contribution in [3.63, 3.8) is 0 Å². The predicted octanol–water partition coefficient (Wildman–Crippen LogP) is 1.58. The number of sulfonamides is 1. The molecule has 0 atom stereocenters. The summed E-state index contributed by atoms with van der Waals surface area (Å²) in [6.45, 7) is 0.271. The number of halogens is 1. The molecule has 0 aliphatic heterocycles. The molecule has 0 bridgehead atoms. The molecule has 0 amide bonds. The zero-order valence-corrected chi connectivity index (χ0v) is 10.5. The minimum atomic E-state index is -3.17. The van der Waals surface area contributed by atoms with Gasteiger partial charge in [-0.15, -0.1) is 22.9 Å². The van der Waals surface area contributed by atoms with E-state index in [1.807, 2.05) is 5.38 Å². The fourth-order valence-corrected chi connectivity index (χ4v) is 2.81. The van der Waals surface area contributed by atoms with Crippen LogP contribution in [0.2, 0.25) is 0 Å². The van der Waals surface area contributed by atoms with Crippen molar-refractivity contribution in [3.05, 3.63) is 16.6 Å². The molecule has 0 saturated heterocycles. The Morgan fingerprint density at radius 2 is 2.27 bits per heavy atom. The monoisotopic (exact) mass is 268 g/mol. The Labute approximate surface area is 98.7 Å². The maximum atomic E-state index is 11.4. The summed E-state index contributed by atoms with van der Waals surface area (Å²) < 4.78 is 25.3. The molecule has 0 radical (unpaired) electrons. The maximum absolute atomic E-state index is 11.4. The average Bonchev–Trinajstić information content (AvgIpc) is 2.68. The van der Waals surface area contributed by atoms with E-state index in [0.29, 0.717) is 12.3 Å². The molecule has 86 valence electrons. The highest BCUT2D eigenvalue weighted by molar-refractivity contribution is 7.89. The van der Waals surface area contributed by atoms with Crippen LogP contribution in [-0.2, 0) is 16.6 Å². The quantitative estimate of drug-likeness (QED) is 0.603. The molecule has 0 spiro atoms. The number of thiazole rings is 1. The lowest BCUT2D eigenvalue weighted by molar-refractivity contribution is 0.577. The first-order valence-electron chi connectivity index (χ1n) is 4.54. The molecule has 0 aromatic carbocycles. The summed E-state index contributed by atoms with van der Waals surface area (Å²) in [5.74, 6) is 0.630. The van der Waals surface area contributed by atoms with Gasteiger partial charge in [0.05, 0.1) is 23.5 Å². The van der Waals surface area contributed by atoms with Gasteiger partial charge >= 0.3 is 0 Å². The van der Waals surface area contributed by atoms with E-state index in [0.717, 1.165) is 12.1 Å². The van der Waals surface area contributed by atoms with Crippen LogP contribution in [0.1, 0.15) is 18.5 Å². The third-order valence-electron chi connectivity index (χ3n) is 1.75. The van der Waals surface area contributed by atoms with Gasteiger partial charge in [-0.05, 0) is 12.8 Å². The highest BCUT2D eigenvalue weighted by atomic mass is 35.5. The zero-order valence-electron chi connectivity index (χ0n) is 8.15. The van der Waals surface area contributed by atoms with Gasteiger partial charge in [0.1, 0.15) is 0 Å². The molecule has 0 aliphatic rings. The number of nitrogens with zero attached hydrogens (tertiary/aromatic N) is 1. The summed E-state index contributed by atoms with van der Waals surface area (Å²) in [7, 11) is -3.17. The first-order chi connectivity index (χ1) is 7.14. The van der Waals surface area contributed by atoms with Crippen molar-refractivity contribution in [3.8, 4) is 0 Å². The molecule has 1 rings (SSSR count). The van der Waals surface area contributed by atoms with E-state index in [1.165, 1.54) is 11.3 Å². The van der Waals surface area contributed by atoms with Crippen molar-refractivity contribution in [2.75, 3.05) is 11.6 Å². The summed E-state index contributed by atoms with van der Waals surface area (Å²) in [6.07, 6.45) is 1.31. The second-order valence-electron chi connectivity index (χ2n) is 3.02. The number of rotatable bonds is 7. The Morgan fingerprint density at radius 3 is 2.87 bits per heavy atom. The van der Waals surface area contributed by atoms with E-state index in [-0.39, 0.29) is 12.3 Å². The number of alkyl halides is 1. The largest absolute Gasteiger partial charge is 0.248 e. The Morgan fingerprint density at radius 1 is 1.47 bits per heavy atom. The van der Waals surface area contributed by atoms with Crippen LogP contribution in [0, 0.1) is 0 Å². The second-order valence-corrected chi connectivity index (χ2v) is 6.04. The highest BCUT2D eigenvalue weighted by Gasteiger charge is 2.09. The Hall–Kier alpha value is -0.170. The summed E-state index contributed by atoms with van der Waals surface area (Å²) >= 11 is 6.91. The number of unbranched alkanes of at least 4 members (excludes halogenated alkanes) is 1. The van der Waals surface area contributed by atoms with Crippen LogP contribution >= 0.6 is 22.9 Å². The Balaban J connectivity index is 2.30. The van der Waals surface area contributed by atoms with Crippen LogP contribution in [0.3, 0.4) is 0 Å². The fourth-order valence-electron chi connectivity index (χ4n) is 0.967. The van der Waals surface area contributed by atoms with Crippen LogP contribution in [0.25, 0.3) is 0 Å². The average molecular weight is 269 g/mol. The summed E-state index contributed by atoms with van der Waals surface area (Å²) in [5, 5.41) is 1.82. The number of aromatic nitrogens is 1. The molecule has 1 aromatic heterocycles. The first kappa shape index (κ1) is 12.9. The van der Waals surface area contributed by atoms with Gasteiger partial charge in [0.15, 0.2) is 0 Å². The molecule has 0 saturated carbocycles. The van der Waals surface area contributed by atoms with Gasteiger partial charge in [0.2, 0.25) is 10.0 Å². The fraction of sp³-hybridized carbons (Fsp3) is 0.625. The molecule has 4 nitrogen and oxygen atoms in total. The molecular formula is C8H13ClN2O2S2. The summed E-state index contributed by atoms with van der Waals surface area (Å²) in [6, 6.07) is 0. The predicted molar refractivity (Wildman–Crippen MR) is 62.7 cm³/mol. The lowest BCUT2D eigenvalue weighted by Crippen LogP contribution is -2.26. The van der Waals surface area contributed by atoms with E-state index < -0.39 is 10.0 Å². The first-order valence-corrected chi connectivity index (χ1v) is 7.67. The minimum Gasteiger partial charge on any atom is -0.248 e. The molecule has 0 aliphatic carbocycles. The van der Waals surface area contributed by atoms with Gasteiger partial charge in [-0.2, -0.15) is 0 Å². The van der Waals surface area contributed by atoms with Crippen LogP contribution in [0.4, 0.5) is 0 Å². The van der Waals surface area contributed by atoms with E-state index >= 15 is 0 Å². The topological polar surface area (TPSA) is 59.1 Å². The lowest BCUT2D eigenvalue weighted by atomic mass is 10.4. The van der Waals surface area contributed by atoms with Gasteiger partial charge in [0, 0.05) is 11.3 Å². The van der Waals surface area contributed by atoms with Crippen molar-refractivity contribution < 1.29 is 8.42 Å². The standard InChI is InChI=1S/C8H13ClN2O2S2/c9-3-1-2-4-15(12,13)11-5-8-6-14-7-10-8/h6-7,11H,1-5H2. The van der Waals surface area contributed by atoms with Gasteiger partial charge < -0.3 is 0 Å². The van der Waals surface area contributed by atoms with Crippen LogP contribution in [0.15, 0.2) is 10.9 Å². The van der Waals surface area contributed by atoms with E-state index in [2.05, 4.69) is 9.71 Å². The zero-order chi connectivity index (χ0) is 11.1. The molecule has 0 unspecified atom stereocenters. The van der Waals surface area contributed by atoms with Gasteiger partial charge in [-0.25, -0.2) is 18.1 Å². The Kier molecular flexibility index (Phi) is 5.52. The molecule has 15 heavy (non-hydrogen) atoms. The van der Waals surface area contributed by atoms with E-state index in [9.17, 15) is 8.42 Å².